The summed E-state index contributed by atoms with van der Waals surface area (Å²) in [6, 6.07) is 15.9. The number of carbonyl (C=O) groups excluding carboxylic acids is 1. The molecule has 0 amide bonds. The summed E-state index contributed by atoms with van der Waals surface area (Å²) in [5.41, 5.74) is 2.52. The van der Waals surface area contributed by atoms with Gasteiger partial charge in [0.05, 0.1) is 17.8 Å². The van der Waals surface area contributed by atoms with E-state index in [2.05, 4.69) is 10.3 Å². The normalized spacial score (nSPS) is 11.9. The van der Waals surface area contributed by atoms with Crippen LogP contribution in [0.2, 0.25) is 0 Å². The second-order valence-corrected chi connectivity index (χ2v) is 5.70. The van der Waals surface area contributed by atoms with Crippen molar-refractivity contribution in [3.8, 4) is 5.75 Å². The first-order valence-electron chi connectivity index (χ1n) is 8.22. The van der Waals surface area contributed by atoms with Crippen LogP contribution in [0.4, 0.5) is 5.69 Å². The molecule has 0 aliphatic carbocycles. The van der Waals surface area contributed by atoms with Gasteiger partial charge >= 0.3 is 5.97 Å². The zero-order valence-electron chi connectivity index (χ0n) is 14.0. The Kier molecular flexibility index (Phi) is 5.14. The number of ether oxygens (including phenoxy) is 1. The van der Waals surface area contributed by atoms with Crippen molar-refractivity contribution >= 4 is 22.6 Å². The summed E-state index contributed by atoms with van der Waals surface area (Å²) < 4.78 is 5.21. The van der Waals surface area contributed by atoms with E-state index in [9.17, 15) is 9.90 Å². The van der Waals surface area contributed by atoms with E-state index in [0.29, 0.717) is 13.0 Å². The van der Waals surface area contributed by atoms with Crippen LogP contribution in [0.5, 0.6) is 5.75 Å². The molecule has 0 bridgehead atoms. The first-order chi connectivity index (χ1) is 12.2. The SMILES string of the molecule is CCOC(=O)[C@H](Cc1ccc(O)cc1)Nc1cccc2cccnc12. The van der Waals surface area contributed by atoms with Crippen LogP contribution < -0.4 is 5.32 Å². The molecule has 0 saturated heterocycles. The summed E-state index contributed by atoms with van der Waals surface area (Å²) >= 11 is 0. The molecule has 128 valence electrons. The minimum atomic E-state index is -0.544. The Morgan fingerprint density at radius 3 is 2.68 bits per heavy atom. The molecular formula is C20H20N2O3. The van der Waals surface area contributed by atoms with Crippen molar-refractivity contribution in [3.63, 3.8) is 0 Å². The van der Waals surface area contributed by atoms with Crippen LogP contribution in [-0.4, -0.2) is 28.7 Å². The summed E-state index contributed by atoms with van der Waals surface area (Å²) in [5.74, 6) is -0.119. The number of aromatic hydroxyl groups is 1. The third kappa shape index (κ3) is 4.07. The van der Waals surface area contributed by atoms with Gasteiger partial charge in [-0.1, -0.05) is 30.3 Å². The van der Waals surface area contributed by atoms with Gasteiger partial charge in [0.1, 0.15) is 11.8 Å². The quantitative estimate of drug-likeness (QED) is 0.674. The molecule has 3 aromatic rings. The monoisotopic (exact) mass is 336 g/mol. The minimum absolute atomic E-state index is 0.197. The van der Waals surface area contributed by atoms with E-state index in [1.807, 2.05) is 30.3 Å². The molecule has 2 N–H and O–H groups in total. The molecule has 0 saturated carbocycles. The zero-order valence-corrected chi connectivity index (χ0v) is 14.0. The van der Waals surface area contributed by atoms with E-state index in [-0.39, 0.29) is 11.7 Å². The smallest absolute Gasteiger partial charge is 0.328 e. The number of anilines is 1. The number of carbonyl (C=O) groups is 1. The summed E-state index contributed by atoms with van der Waals surface area (Å²) in [4.78, 5) is 16.8. The number of nitrogens with one attached hydrogen (secondary N) is 1. The van der Waals surface area contributed by atoms with E-state index >= 15 is 0 Å². The largest absolute Gasteiger partial charge is 0.508 e. The average Bonchev–Trinajstić information content (AvgIpc) is 2.63. The summed E-state index contributed by atoms with van der Waals surface area (Å²) in [6.07, 6.45) is 2.18. The van der Waals surface area contributed by atoms with Gasteiger partial charge in [0.25, 0.3) is 0 Å². The molecule has 1 aromatic heterocycles. The Balaban J connectivity index is 1.88. The number of fused-ring (bicyclic) bond motifs is 1. The van der Waals surface area contributed by atoms with Gasteiger partial charge in [-0.3, -0.25) is 4.98 Å². The number of hydrogen-bond acceptors (Lipinski definition) is 5. The molecular weight excluding hydrogens is 316 g/mol. The van der Waals surface area contributed by atoms with E-state index in [1.165, 1.54) is 0 Å². The van der Waals surface area contributed by atoms with Crippen LogP contribution >= 0.6 is 0 Å². The Morgan fingerprint density at radius 2 is 1.92 bits per heavy atom. The number of para-hydroxylation sites is 1. The number of hydrogen-bond donors (Lipinski definition) is 2. The first-order valence-corrected chi connectivity index (χ1v) is 8.22. The van der Waals surface area contributed by atoms with Crippen molar-refractivity contribution in [2.45, 2.75) is 19.4 Å². The van der Waals surface area contributed by atoms with Gasteiger partial charge in [0.2, 0.25) is 0 Å². The van der Waals surface area contributed by atoms with E-state index in [1.54, 1.807) is 37.4 Å². The molecule has 0 unspecified atom stereocenters. The van der Waals surface area contributed by atoms with Gasteiger partial charge in [-0.15, -0.1) is 0 Å². The number of esters is 1. The van der Waals surface area contributed by atoms with Gasteiger partial charge < -0.3 is 15.2 Å². The second-order valence-electron chi connectivity index (χ2n) is 5.70. The molecule has 0 aliphatic rings. The van der Waals surface area contributed by atoms with Crippen molar-refractivity contribution in [2.75, 3.05) is 11.9 Å². The molecule has 25 heavy (non-hydrogen) atoms. The van der Waals surface area contributed by atoms with Crippen LogP contribution in [0, 0.1) is 0 Å². The van der Waals surface area contributed by atoms with Crippen LogP contribution in [-0.2, 0) is 16.0 Å². The molecule has 0 fully saturated rings. The summed E-state index contributed by atoms with van der Waals surface area (Å²) in [5, 5.41) is 13.7. The van der Waals surface area contributed by atoms with Crippen LogP contribution in [0.1, 0.15) is 12.5 Å². The second kappa shape index (κ2) is 7.66. The van der Waals surface area contributed by atoms with Crippen molar-refractivity contribution in [1.29, 1.82) is 0 Å². The molecule has 5 nitrogen and oxygen atoms in total. The fraction of sp³-hybridized carbons (Fsp3) is 0.200. The average molecular weight is 336 g/mol. The molecule has 0 aliphatic heterocycles. The Morgan fingerprint density at radius 1 is 1.16 bits per heavy atom. The number of rotatable bonds is 6. The molecule has 1 atom stereocenters. The number of phenolic OH excluding ortho intramolecular Hbond substituents is 1. The lowest BCUT2D eigenvalue weighted by atomic mass is 10.0. The molecule has 1 heterocycles. The summed E-state index contributed by atoms with van der Waals surface area (Å²) in [6.45, 7) is 2.11. The van der Waals surface area contributed by atoms with Crippen LogP contribution in [0.25, 0.3) is 10.9 Å². The molecule has 2 aromatic carbocycles. The fourth-order valence-corrected chi connectivity index (χ4v) is 2.71. The van der Waals surface area contributed by atoms with Crippen molar-refractivity contribution in [3.05, 3.63) is 66.4 Å². The number of phenols is 1. The predicted molar refractivity (Wildman–Crippen MR) is 97.6 cm³/mol. The zero-order chi connectivity index (χ0) is 17.6. The molecule has 3 rings (SSSR count). The third-order valence-electron chi connectivity index (χ3n) is 3.91. The maximum atomic E-state index is 12.4. The minimum Gasteiger partial charge on any atom is -0.508 e. The highest BCUT2D eigenvalue weighted by molar-refractivity contribution is 5.92. The predicted octanol–water partition coefficient (Wildman–Crippen LogP) is 3.53. The maximum absolute atomic E-state index is 12.4. The Hall–Kier alpha value is -3.08. The lowest BCUT2D eigenvalue weighted by molar-refractivity contribution is -0.144. The lowest BCUT2D eigenvalue weighted by Gasteiger charge is -2.19. The first kappa shape index (κ1) is 16.8. The van der Waals surface area contributed by atoms with Gasteiger partial charge in [0.15, 0.2) is 0 Å². The van der Waals surface area contributed by atoms with Crippen molar-refractivity contribution in [1.82, 2.24) is 4.98 Å². The molecule has 0 radical (unpaired) electrons. The Bertz CT molecular complexity index is 857. The standard InChI is InChI=1S/C20H20N2O3/c1-2-25-20(24)18(13-14-8-10-16(23)11-9-14)22-17-7-3-5-15-6-4-12-21-19(15)17/h3-12,18,22-23H,2,13H2,1H3/t18-/m0/s1. The highest BCUT2D eigenvalue weighted by atomic mass is 16.5. The topological polar surface area (TPSA) is 71.5 Å². The number of pyridine rings is 1. The fourth-order valence-electron chi connectivity index (χ4n) is 2.71. The van der Waals surface area contributed by atoms with Crippen LogP contribution in [0.15, 0.2) is 60.8 Å². The van der Waals surface area contributed by atoms with E-state index < -0.39 is 6.04 Å². The van der Waals surface area contributed by atoms with Gasteiger partial charge in [-0.05, 0) is 36.8 Å². The van der Waals surface area contributed by atoms with Gasteiger partial charge in [-0.25, -0.2) is 4.79 Å². The maximum Gasteiger partial charge on any atom is 0.328 e. The number of benzene rings is 2. The van der Waals surface area contributed by atoms with Crippen LogP contribution in [0.3, 0.4) is 0 Å². The molecule has 0 spiro atoms. The number of aromatic nitrogens is 1. The lowest BCUT2D eigenvalue weighted by Crippen LogP contribution is -2.33. The third-order valence-corrected chi connectivity index (χ3v) is 3.91. The summed E-state index contributed by atoms with van der Waals surface area (Å²) in [7, 11) is 0. The highest BCUT2D eigenvalue weighted by Gasteiger charge is 2.21. The van der Waals surface area contributed by atoms with Gasteiger partial charge in [0, 0.05) is 18.0 Å². The van der Waals surface area contributed by atoms with E-state index in [4.69, 9.17) is 4.74 Å². The van der Waals surface area contributed by atoms with E-state index in [0.717, 1.165) is 22.2 Å². The Labute approximate surface area is 146 Å². The van der Waals surface area contributed by atoms with Crippen molar-refractivity contribution < 1.29 is 14.6 Å². The molecule has 5 heteroatoms. The highest BCUT2D eigenvalue weighted by Crippen LogP contribution is 2.22. The number of nitrogens with zero attached hydrogens (tertiary/aromatic N) is 1. The van der Waals surface area contributed by atoms with Gasteiger partial charge in [-0.2, -0.15) is 0 Å². The van der Waals surface area contributed by atoms with Crippen molar-refractivity contribution in [2.24, 2.45) is 0 Å².